The molecule has 0 aromatic rings. The highest BCUT2D eigenvalue weighted by atomic mass is 15.1. The van der Waals surface area contributed by atoms with E-state index in [1.807, 2.05) is 0 Å². The summed E-state index contributed by atoms with van der Waals surface area (Å²) in [5, 5.41) is 0. The van der Waals surface area contributed by atoms with Crippen LogP contribution in [-0.4, -0.2) is 19.0 Å². The van der Waals surface area contributed by atoms with Gasteiger partial charge in [-0.15, -0.1) is 0 Å². The van der Waals surface area contributed by atoms with Crippen LogP contribution in [0.3, 0.4) is 0 Å². The summed E-state index contributed by atoms with van der Waals surface area (Å²) in [6.45, 7) is 2.21. The first kappa shape index (κ1) is 5.67. The van der Waals surface area contributed by atoms with E-state index < -0.39 is 0 Å². The lowest BCUT2D eigenvalue weighted by atomic mass is 9.95. The second-order valence-corrected chi connectivity index (χ2v) is 2.62. The molecule has 0 aliphatic heterocycles. The fourth-order valence-electron chi connectivity index (χ4n) is 1.09. The van der Waals surface area contributed by atoms with Gasteiger partial charge in [0.25, 0.3) is 0 Å². The molecule has 0 saturated heterocycles. The Labute approximate surface area is 51.0 Å². The topological polar surface area (TPSA) is 3.24 Å². The highest BCUT2D eigenvalue weighted by molar-refractivity contribution is 5.20. The van der Waals surface area contributed by atoms with Crippen molar-refractivity contribution in [2.75, 3.05) is 14.1 Å². The van der Waals surface area contributed by atoms with Crippen molar-refractivity contribution in [3.63, 3.8) is 0 Å². The molecule has 0 saturated carbocycles. The van der Waals surface area contributed by atoms with Crippen molar-refractivity contribution >= 4 is 0 Å². The van der Waals surface area contributed by atoms with Crippen LogP contribution in [0, 0.1) is 0 Å². The van der Waals surface area contributed by atoms with Gasteiger partial charge in [0.2, 0.25) is 0 Å². The third-order valence-corrected chi connectivity index (χ3v) is 1.77. The molecule has 0 atom stereocenters. The number of hydrogen-bond donors (Lipinski definition) is 0. The summed E-state index contributed by atoms with van der Waals surface area (Å²) in [6, 6.07) is 0. The molecule has 0 N–H and O–H groups in total. The molecule has 0 aromatic carbocycles. The maximum Gasteiger partial charge on any atom is 0.0120 e. The summed E-state index contributed by atoms with van der Waals surface area (Å²) in [6.07, 6.45) is 2.60. The van der Waals surface area contributed by atoms with E-state index in [1.54, 1.807) is 5.57 Å². The predicted octanol–water partition coefficient (Wildman–Crippen LogP) is 1.62. The smallest absolute Gasteiger partial charge is 0.0120 e. The SMILES string of the molecule is CC1=C(N(C)C)CC1. The van der Waals surface area contributed by atoms with E-state index >= 15 is 0 Å². The lowest BCUT2D eigenvalue weighted by molar-refractivity contribution is 0.447. The van der Waals surface area contributed by atoms with Crippen LogP contribution in [0.4, 0.5) is 0 Å². The standard InChI is InChI=1S/C7H13N/c1-6-4-5-7(6)8(2)3/h4-5H2,1-3H3. The van der Waals surface area contributed by atoms with Gasteiger partial charge < -0.3 is 4.90 Å². The predicted molar refractivity (Wildman–Crippen MR) is 35.6 cm³/mol. The van der Waals surface area contributed by atoms with Crippen molar-refractivity contribution in [2.24, 2.45) is 0 Å². The Kier molecular flexibility index (Phi) is 1.28. The normalized spacial score (nSPS) is 18.4. The summed E-state index contributed by atoms with van der Waals surface area (Å²) in [5.74, 6) is 0. The molecule has 0 heterocycles. The molecule has 0 bridgehead atoms. The monoisotopic (exact) mass is 111 g/mol. The van der Waals surface area contributed by atoms with E-state index in [4.69, 9.17) is 0 Å². The van der Waals surface area contributed by atoms with Crippen LogP contribution in [0.25, 0.3) is 0 Å². The lowest BCUT2D eigenvalue weighted by Crippen LogP contribution is -2.18. The van der Waals surface area contributed by atoms with Crippen LogP contribution in [0.15, 0.2) is 11.3 Å². The van der Waals surface area contributed by atoms with Gasteiger partial charge in [0.05, 0.1) is 0 Å². The van der Waals surface area contributed by atoms with Gasteiger partial charge in [-0.3, -0.25) is 0 Å². The molecule has 1 aliphatic rings. The molecule has 0 fully saturated rings. The van der Waals surface area contributed by atoms with Gasteiger partial charge in [-0.05, 0) is 19.8 Å². The molecule has 0 unspecified atom stereocenters. The minimum absolute atomic E-state index is 1.29. The second-order valence-electron chi connectivity index (χ2n) is 2.62. The fourth-order valence-corrected chi connectivity index (χ4v) is 1.09. The van der Waals surface area contributed by atoms with E-state index in [0.29, 0.717) is 0 Å². The zero-order chi connectivity index (χ0) is 6.15. The first-order valence-corrected chi connectivity index (χ1v) is 3.08. The van der Waals surface area contributed by atoms with E-state index in [2.05, 4.69) is 25.9 Å². The Morgan fingerprint density at radius 3 is 1.88 bits per heavy atom. The van der Waals surface area contributed by atoms with Crippen LogP contribution >= 0.6 is 0 Å². The van der Waals surface area contributed by atoms with Crippen LogP contribution in [0.1, 0.15) is 19.8 Å². The van der Waals surface area contributed by atoms with Gasteiger partial charge in [-0.1, -0.05) is 5.57 Å². The first-order valence-electron chi connectivity index (χ1n) is 3.08. The molecule has 1 nitrogen and oxygen atoms in total. The lowest BCUT2D eigenvalue weighted by Gasteiger charge is -2.27. The highest BCUT2D eigenvalue weighted by Crippen LogP contribution is 2.27. The Hall–Kier alpha value is -0.460. The molecule has 1 aliphatic carbocycles. The van der Waals surface area contributed by atoms with Crippen molar-refractivity contribution in [1.82, 2.24) is 4.90 Å². The first-order chi connectivity index (χ1) is 3.72. The van der Waals surface area contributed by atoms with Crippen LogP contribution in [-0.2, 0) is 0 Å². The molecule has 46 valence electrons. The van der Waals surface area contributed by atoms with Gasteiger partial charge in [0.1, 0.15) is 0 Å². The maximum absolute atomic E-state index is 2.21. The second kappa shape index (κ2) is 1.81. The quantitative estimate of drug-likeness (QED) is 0.497. The molecular weight excluding hydrogens is 98.1 g/mol. The van der Waals surface area contributed by atoms with Gasteiger partial charge in [-0.25, -0.2) is 0 Å². The average Bonchev–Trinajstić information content (AvgIpc) is 1.61. The number of nitrogens with zero attached hydrogens (tertiary/aromatic N) is 1. The zero-order valence-electron chi connectivity index (χ0n) is 5.86. The van der Waals surface area contributed by atoms with Crippen molar-refractivity contribution in [1.29, 1.82) is 0 Å². The molecule has 0 aromatic heterocycles. The Morgan fingerprint density at radius 2 is 1.88 bits per heavy atom. The van der Waals surface area contributed by atoms with E-state index in [0.717, 1.165) is 0 Å². The van der Waals surface area contributed by atoms with Crippen molar-refractivity contribution < 1.29 is 0 Å². The highest BCUT2D eigenvalue weighted by Gasteiger charge is 2.13. The molecule has 1 heteroatoms. The summed E-state index contributed by atoms with van der Waals surface area (Å²) < 4.78 is 0. The summed E-state index contributed by atoms with van der Waals surface area (Å²) in [5.41, 5.74) is 3.10. The molecule has 0 spiro atoms. The molecule has 8 heavy (non-hydrogen) atoms. The van der Waals surface area contributed by atoms with Crippen molar-refractivity contribution in [2.45, 2.75) is 19.8 Å². The minimum Gasteiger partial charge on any atom is -0.381 e. The maximum atomic E-state index is 2.21. The minimum atomic E-state index is 1.29. The summed E-state index contributed by atoms with van der Waals surface area (Å²) >= 11 is 0. The Morgan fingerprint density at radius 1 is 1.25 bits per heavy atom. The zero-order valence-corrected chi connectivity index (χ0v) is 5.86. The molecule has 0 amide bonds. The number of hydrogen-bond acceptors (Lipinski definition) is 1. The van der Waals surface area contributed by atoms with Gasteiger partial charge in [0.15, 0.2) is 0 Å². The Bertz CT molecular complexity index is 122. The van der Waals surface area contributed by atoms with Crippen molar-refractivity contribution in [3.8, 4) is 0 Å². The summed E-state index contributed by atoms with van der Waals surface area (Å²) in [7, 11) is 4.22. The third kappa shape index (κ3) is 0.726. The molecule has 1 rings (SSSR count). The summed E-state index contributed by atoms with van der Waals surface area (Å²) in [4.78, 5) is 2.21. The van der Waals surface area contributed by atoms with E-state index in [-0.39, 0.29) is 0 Å². The molecule has 0 radical (unpaired) electrons. The van der Waals surface area contributed by atoms with Gasteiger partial charge >= 0.3 is 0 Å². The van der Waals surface area contributed by atoms with Crippen LogP contribution in [0.2, 0.25) is 0 Å². The van der Waals surface area contributed by atoms with E-state index in [9.17, 15) is 0 Å². The third-order valence-electron chi connectivity index (χ3n) is 1.77. The van der Waals surface area contributed by atoms with Crippen LogP contribution in [0.5, 0.6) is 0 Å². The van der Waals surface area contributed by atoms with E-state index in [1.165, 1.54) is 18.5 Å². The largest absolute Gasteiger partial charge is 0.381 e. The van der Waals surface area contributed by atoms with Gasteiger partial charge in [0, 0.05) is 19.8 Å². The Balaban J connectivity index is 2.59. The fraction of sp³-hybridized carbons (Fsp3) is 0.714. The average molecular weight is 111 g/mol. The van der Waals surface area contributed by atoms with Gasteiger partial charge in [-0.2, -0.15) is 0 Å². The van der Waals surface area contributed by atoms with Crippen molar-refractivity contribution in [3.05, 3.63) is 11.3 Å². The van der Waals surface area contributed by atoms with Crippen LogP contribution < -0.4 is 0 Å². The number of allylic oxidation sites excluding steroid dienone is 2. The molecular formula is C7H13N. The number of rotatable bonds is 1.